The number of halogens is 1. The zero-order chi connectivity index (χ0) is 12.5. The molecule has 0 aliphatic rings. The molecule has 0 heterocycles. The third-order valence-electron chi connectivity index (χ3n) is 2.79. The highest BCUT2D eigenvalue weighted by atomic mass is 79.9. The van der Waals surface area contributed by atoms with E-state index in [-0.39, 0.29) is 0 Å². The maximum Gasteiger partial charge on any atom is 0.0207 e. The van der Waals surface area contributed by atoms with E-state index in [1.165, 1.54) is 10.0 Å². The molecule has 0 amide bonds. The molecule has 1 atom stereocenters. The Kier molecular flexibility index (Phi) is 7.00. The molecule has 0 aliphatic carbocycles. The molecule has 1 nitrogen and oxygen atoms in total. The Morgan fingerprint density at radius 3 is 2.82 bits per heavy atom. The van der Waals surface area contributed by atoms with Gasteiger partial charge in [-0.05, 0) is 37.4 Å². The van der Waals surface area contributed by atoms with Gasteiger partial charge < -0.3 is 5.32 Å². The van der Waals surface area contributed by atoms with E-state index in [0.717, 1.165) is 32.2 Å². The Balaban J connectivity index is 2.54. The summed E-state index contributed by atoms with van der Waals surface area (Å²) in [6.07, 6.45) is 9.45. The molecule has 92 valence electrons. The first-order valence-corrected chi connectivity index (χ1v) is 6.97. The fourth-order valence-electron chi connectivity index (χ4n) is 1.94. The Bertz CT molecular complexity index is 367. The van der Waals surface area contributed by atoms with Gasteiger partial charge in [0.05, 0.1) is 0 Å². The quantitative estimate of drug-likeness (QED) is 0.596. The number of rotatable bonds is 7. The van der Waals surface area contributed by atoms with Crippen molar-refractivity contribution in [1.82, 2.24) is 5.32 Å². The van der Waals surface area contributed by atoms with E-state index in [0.29, 0.717) is 6.04 Å². The summed E-state index contributed by atoms with van der Waals surface area (Å²) < 4.78 is 1.19. The third kappa shape index (κ3) is 5.39. The molecule has 2 heteroatoms. The number of likely N-dealkylation sites (N-methyl/N-ethyl adjacent to an activating group) is 1. The van der Waals surface area contributed by atoms with Crippen molar-refractivity contribution < 1.29 is 0 Å². The molecule has 1 N–H and O–H groups in total. The van der Waals surface area contributed by atoms with Crippen molar-refractivity contribution in [3.63, 3.8) is 0 Å². The zero-order valence-corrected chi connectivity index (χ0v) is 12.0. The molecule has 17 heavy (non-hydrogen) atoms. The van der Waals surface area contributed by atoms with Crippen LogP contribution >= 0.6 is 15.9 Å². The van der Waals surface area contributed by atoms with Gasteiger partial charge in [0.1, 0.15) is 0 Å². The van der Waals surface area contributed by atoms with Crippen LogP contribution in [0.15, 0.2) is 28.7 Å². The van der Waals surface area contributed by atoms with Crippen LogP contribution < -0.4 is 5.32 Å². The fourth-order valence-corrected chi connectivity index (χ4v) is 2.39. The number of nitrogens with one attached hydrogen (secondary N) is 1. The molecule has 1 aromatic rings. The lowest BCUT2D eigenvalue weighted by molar-refractivity contribution is 0.479. The lowest BCUT2D eigenvalue weighted by Gasteiger charge is -2.18. The van der Waals surface area contributed by atoms with Crippen LogP contribution in [0.2, 0.25) is 0 Å². The van der Waals surface area contributed by atoms with E-state index in [9.17, 15) is 0 Å². The SMILES string of the molecule is C#CCCCC(Cc1ccccc1Br)NCC. The minimum Gasteiger partial charge on any atom is -0.314 e. The summed E-state index contributed by atoms with van der Waals surface area (Å²) in [5.74, 6) is 2.70. The van der Waals surface area contributed by atoms with Gasteiger partial charge in [-0.3, -0.25) is 0 Å². The van der Waals surface area contributed by atoms with Gasteiger partial charge in [-0.2, -0.15) is 0 Å². The highest BCUT2D eigenvalue weighted by Crippen LogP contribution is 2.18. The van der Waals surface area contributed by atoms with E-state index >= 15 is 0 Å². The monoisotopic (exact) mass is 293 g/mol. The number of unbranched alkanes of at least 4 members (excludes halogenated alkanes) is 1. The topological polar surface area (TPSA) is 12.0 Å². The molecule has 0 aliphatic heterocycles. The highest BCUT2D eigenvalue weighted by molar-refractivity contribution is 9.10. The fraction of sp³-hybridized carbons (Fsp3) is 0.467. The normalized spacial score (nSPS) is 12.1. The van der Waals surface area contributed by atoms with Crippen molar-refractivity contribution in [3.05, 3.63) is 34.3 Å². The number of hydrogen-bond donors (Lipinski definition) is 1. The smallest absolute Gasteiger partial charge is 0.0207 e. The van der Waals surface area contributed by atoms with Crippen molar-refractivity contribution in [3.8, 4) is 12.3 Å². The minimum atomic E-state index is 0.520. The Morgan fingerprint density at radius 1 is 1.41 bits per heavy atom. The molecule has 0 saturated carbocycles. The molecule has 1 aromatic carbocycles. The van der Waals surface area contributed by atoms with Gasteiger partial charge >= 0.3 is 0 Å². The molecular formula is C15H20BrN. The van der Waals surface area contributed by atoms with E-state index in [2.05, 4.69) is 52.3 Å². The van der Waals surface area contributed by atoms with Gasteiger partial charge in [0.15, 0.2) is 0 Å². The van der Waals surface area contributed by atoms with Crippen molar-refractivity contribution in [2.75, 3.05) is 6.54 Å². The highest BCUT2D eigenvalue weighted by Gasteiger charge is 2.09. The van der Waals surface area contributed by atoms with Gasteiger partial charge in [0, 0.05) is 16.9 Å². The standard InChI is InChI=1S/C15H20BrN/c1-3-5-6-10-14(17-4-2)12-13-9-7-8-11-15(13)16/h1,7-9,11,14,17H,4-6,10,12H2,2H3. The molecule has 0 spiro atoms. The van der Waals surface area contributed by atoms with Crippen molar-refractivity contribution in [2.45, 2.75) is 38.6 Å². The van der Waals surface area contributed by atoms with E-state index in [4.69, 9.17) is 6.42 Å². The van der Waals surface area contributed by atoms with Gasteiger partial charge in [-0.25, -0.2) is 0 Å². The summed E-state index contributed by atoms with van der Waals surface area (Å²) >= 11 is 3.60. The third-order valence-corrected chi connectivity index (χ3v) is 3.56. The summed E-state index contributed by atoms with van der Waals surface area (Å²) in [4.78, 5) is 0. The number of hydrogen-bond acceptors (Lipinski definition) is 1. The molecule has 0 aromatic heterocycles. The molecule has 0 saturated heterocycles. The molecule has 0 radical (unpaired) electrons. The molecule has 1 unspecified atom stereocenters. The van der Waals surface area contributed by atoms with E-state index in [1.807, 2.05) is 6.07 Å². The average Bonchev–Trinajstić information content (AvgIpc) is 2.32. The second kappa shape index (κ2) is 8.33. The lowest BCUT2D eigenvalue weighted by Crippen LogP contribution is -2.31. The summed E-state index contributed by atoms with van der Waals surface area (Å²) in [6.45, 7) is 3.15. The first kappa shape index (κ1) is 14.3. The maximum atomic E-state index is 5.29. The largest absolute Gasteiger partial charge is 0.314 e. The van der Waals surface area contributed by atoms with Crippen molar-refractivity contribution in [1.29, 1.82) is 0 Å². The van der Waals surface area contributed by atoms with Gasteiger partial charge in [-0.15, -0.1) is 12.3 Å². The number of terminal acetylenes is 1. The molecule has 1 rings (SSSR count). The van der Waals surface area contributed by atoms with Gasteiger partial charge in [0.25, 0.3) is 0 Å². The van der Waals surface area contributed by atoms with Crippen LogP contribution in [-0.4, -0.2) is 12.6 Å². The van der Waals surface area contributed by atoms with Crippen molar-refractivity contribution in [2.24, 2.45) is 0 Å². The zero-order valence-electron chi connectivity index (χ0n) is 10.4. The van der Waals surface area contributed by atoms with Crippen molar-refractivity contribution >= 4 is 15.9 Å². The van der Waals surface area contributed by atoms with Crippen LogP contribution in [0.3, 0.4) is 0 Å². The molecule has 0 bridgehead atoms. The number of benzene rings is 1. The minimum absolute atomic E-state index is 0.520. The second-order valence-electron chi connectivity index (χ2n) is 4.15. The van der Waals surface area contributed by atoms with Crippen LogP contribution in [0.1, 0.15) is 31.7 Å². The predicted octanol–water partition coefficient (Wildman–Crippen LogP) is 3.77. The second-order valence-corrected chi connectivity index (χ2v) is 5.00. The Morgan fingerprint density at radius 2 is 2.18 bits per heavy atom. The first-order valence-electron chi connectivity index (χ1n) is 6.18. The predicted molar refractivity (Wildman–Crippen MR) is 78.0 cm³/mol. The summed E-state index contributed by atoms with van der Waals surface area (Å²) in [7, 11) is 0. The molecule has 0 fully saturated rings. The summed E-state index contributed by atoms with van der Waals surface area (Å²) in [5.41, 5.74) is 1.36. The van der Waals surface area contributed by atoms with Crippen LogP contribution in [0.5, 0.6) is 0 Å². The van der Waals surface area contributed by atoms with Crippen LogP contribution in [0.4, 0.5) is 0 Å². The first-order chi connectivity index (χ1) is 8.27. The Labute approximate surface area is 113 Å². The Hall–Kier alpha value is -0.780. The van der Waals surface area contributed by atoms with Gasteiger partial charge in [-0.1, -0.05) is 41.1 Å². The van der Waals surface area contributed by atoms with Crippen LogP contribution in [-0.2, 0) is 6.42 Å². The average molecular weight is 294 g/mol. The summed E-state index contributed by atoms with van der Waals surface area (Å²) in [5, 5.41) is 3.53. The summed E-state index contributed by atoms with van der Waals surface area (Å²) in [6, 6.07) is 8.93. The van der Waals surface area contributed by atoms with Crippen LogP contribution in [0, 0.1) is 12.3 Å². The van der Waals surface area contributed by atoms with E-state index < -0.39 is 0 Å². The van der Waals surface area contributed by atoms with Gasteiger partial charge in [0.2, 0.25) is 0 Å². The lowest BCUT2D eigenvalue weighted by atomic mass is 10.0. The maximum absolute atomic E-state index is 5.29. The van der Waals surface area contributed by atoms with E-state index in [1.54, 1.807) is 0 Å². The molecular weight excluding hydrogens is 274 g/mol. The van der Waals surface area contributed by atoms with Crippen LogP contribution in [0.25, 0.3) is 0 Å².